The van der Waals surface area contributed by atoms with Gasteiger partial charge in [0.15, 0.2) is 0 Å². The molecule has 1 heterocycles. The molecule has 4 heteroatoms. The zero-order chi connectivity index (χ0) is 19.6. The van der Waals surface area contributed by atoms with Gasteiger partial charge in [0.25, 0.3) is 0 Å². The summed E-state index contributed by atoms with van der Waals surface area (Å²) in [4.78, 5) is 15.3. The third kappa shape index (κ3) is 3.87. The minimum atomic E-state index is -0.292. The van der Waals surface area contributed by atoms with Crippen LogP contribution in [0.3, 0.4) is 0 Å². The van der Waals surface area contributed by atoms with Gasteiger partial charge in [-0.05, 0) is 68.4 Å². The number of hydrogen-bond acceptors (Lipinski definition) is 3. The second kappa shape index (κ2) is 7.86. The minimum Gasteiger partial charge on any atom is -0.497 e. The van der Waals surface area contributed by atoms with Gasteiger partial charge in [0, 0.05) is 13.1 Å². The van der Waals surface area contributed by atoms with Crippen molar-refractivity contribution in [1.82, 2.24) is 4.90 Å². The molecule has 2 aromatic rings. The predicted octanol–water partition coefficient (Wildman–Crippen LogP) is 4.35. The quantitative estimate of drug-likeness (QED) is 0.718. The number of carbonyl (C=O) groups excluding carboxylic acids is 1. The number of nitrogens with zero attached hydrogens (tertiary/aromatic N) is 1. The lowest BCUT2D eigenvalue weighted by molar-refractivity contribution is -0.133. The molecule has 1 saturated carbocycles. The van der Waals surface area contributed by atoms with E-state index in [-0.39, 0.29) is 5.41 Å². The van der Waals surface area contributed by atoms with Crippen molar-refractivity contribution in [2.45, 2.75) is 38.0 Å². The number of amides is 1. The van der Waals surface area contributed by atoms with E-state index in [1.807, 2.05) is 36.4 Å². The average molecular weight is 380 g/mol. The van der Waals surface area contributed by atoms with E-state index in [0.717, 1.165) is 55.8 Å². The van der Waals surface area contributed by atoms with Crippen molar-refractivity contribution in [3.63, 3.8) is 0 Å². The average Bonchev–Trinajstić information content (AvgIpc) is 3.41. The van der Waals surface area contributed by atoms with Gasteiger partial charge in [-0.25, -0.2) is 0 Å². The molecule has 0 radical (unpaired) electrons. The second-order valence-electron chi connectivity index (χ2n) is 8.17. The number of likely N-dealkylation sites (tertiary alicyclic amines) is 1. The monoisotopic (exact) mass is 379 g/mol. The van der Waals surface area contributed by atoms with Gasteiger partial charge < -0.3 is 14.4 Å². The van der Waals surface area contributed by atoms with Crippen molar-refractivity contribution in [3.05, 3.63) is 59.7 Å². The molecule has 4 nitrogen and oxygen atoms in total. The zero-order valence-electron chi connectivity index (χ0n) is 16.8. The van der Waals surface area contributed by atoms with Gasteiger partial charge >= 0.3 is 0 Å². The van der Waals surface area contributed by atoms with E-state index in [4.69, 9.17) is 9.47 Å². The summed E-state index contributed by atoms with van der Waals surface area (Å²) in [6.45, 7) is 4.51. The summed E-state index contributed by atoms with van der Waals surface area (Å²) in [6, 6.07) is 16.2. The lowest BCUT2D eigenvalue weighted by atomic mass is 9.94. The first kappa shape index (κ1) is 18.9. The summed E-state index contributed by atoms with van der Waals surface area (Å²) < 4.78 is 11.1. The fourth-order valence-corrected chi connectivity index (χ4v) is 4.19. The van der Waals surface area contributed by atoms with Gasteiger partial charge in [0.1, 0.15) is 11.5 Å². The highest BCUT2D eigenvalue weighted by atomic mass is 16.5. The van der Waals surface area contributed by atoms with Crippen LogP contribution in [0.4, 0.5) is 0 Å². The van der Waals surface area contributed by atoms with E-state index in [1.54, 1.807) is 7.11 Å². The van der Waals surface area contributed by atoms with Gasteiger partial charge in [-0.2, -0.15) is 0 Å². The third-order valence-electron chi connectivity index (χ3n) is 6.19. The smallest absolute Gasteiger partial charge is 0.233 e. The van der Waals surface area contributed by atoms with Crippen LogP contribution < -0.4 is 9.47 Å². The van der Waals surface area contributed by atoms with Crippen LogP contribution in [-0.2, 0) is 10.2 Å². The van der Waals surface area contributed by atoms with Crippen molar-refractivity contribution in [2.24, 2.45) is 5.92 Å². The van der Waals surface area contributed by atoms with Gasteiger partial charge in [0.05, 0.1) is 19.1 Å². The molecule has 2 aromatic carbocycles. The van der Waals surface area contributed by atoms with Gasteiger partial charge in [-0.15, -0.1) is 0 Å². The second-order valence-corrected chi connectivity index (χ2v) is 8.17. The van der Waals surface area contributed by atoms with Crippen molar-refractivity contribution < 1.29 is 14.3 Å². The molecule has 28 heavy (non-hydrogen) atoms. The standard InChI is InChI=1S/C24H29NO3/c1-18-3-7-22(8-4-18)28-16-12-19-11-15-25(17-19)23(26)24(13-14-24)20-5-9-21(27-2)10-6-20/h3-10,19H,11-17H2,1-2H3. The Labute approximate surface area is 167 Å². The summed E-state index contributed by atoms with van der Waals surface area (Å²) in [5.74, 6) is 2.59. The number of carbonyl (C=O) groups is 1. The maximum absolute atomic E-state index is 13.2. The topological polar surface area (TPSA) is 38.8 Å². The minimum absolute atomic E-state index is 0.292. The van der Waals surface area contributed by atoms with Crippen LogP contribution >= 0.6 is 0 Å². The Kier molecular flexibility index (Phi) is 5.29. The first-order valence-corrected chi connectivity index (χ1v) is 10.2. The molecule has 0 bridgehead atoms. The SMILES string of the molecule is COc1ccc(C2(C(=O)N3CCC(CCOc4ccc(C)cc4)C3)CC2)cc1. The predicted molar refractivity (Wildman–Crippen MR) is 110 cm³/mol. The van der Waals surface area contributed by atoms with Crippen LogP contribution in [0.15, 0.2) is 48.5 Å². The Morgan fingerprint density at radius 2 is 1.75 bits per heavy atom. The molecule has 1 amide bonds. The van der Waals surface area contributed by atoms with E-state index in [9.17, 15) is 4.79 Å². The molecule has 1 saturated heterocycles. The van der Waals surface area contributed by atoms with Crippen molar-refractivity contribution >= 4 is 5.91 Å². The Morgan fingerprint density at radius 1 is 1.07 bits per heavy atom. The van der Waals surface area contributed by atoms with Gasteiger partial charge in [-0.1, -0.05) is 29.8 Å². The van der Waals surface area contributed by atoms with Crippen LogP contribution in [0.25, 0.3) is 0 Å². The maximum atomic E-state index is 13.2. The third-order valence-corrected chi connectivity index (χ3v) is 6.19. The Bertz CT molecular complexity index is 809. The summed E-state index contributed by atoms with van der Waals surface area (Å²) in [5, 5.41) is 0. The Morgan fingerprint density at radius 3 is 2.39 bits per heavy atom. The highest BCUT2D eigenvalue weighted by molar-refractivity contribution is 5.91. The molecular formula is C24H29NO3. The van der Waals surface area contributed by atoms with E-state index in [1.165, 1.54) is 5.56 Å². The van der Waals surface area contributed by atoms with E-state index < -0.39 is 0 Å². The van der Waals surface area contributed by atoms with Crippen LogP contribution in [0.2, 0.25) is 0 Å². The van der Waals surface area contributed by atoms with Crippen molar-refractivity contribution in [1.29, 1.82) is 0 Å². The normalized spacial score (nSPS) is 20.1. The molecule has 0 N–H and O–H groups in total. The number of aryl methyl sites for hydroxylation is 1. The highest BCUT2D eigenvalue weighted by Crippen LogP contribution is 2.50. The number of hydrogen-bond donors (Lipinski definition) is 0. The van der Waals surface area contributed by atoms with Gasteiger partial charge in [0.2, 0.25) is 5.91 Å². The first-order valence-electron chi connectivity index (χ1n) is 10.2. The van der Waals surface area contributed by atoms with Crippen LogP contribution in [0.1, 0.15) is 36.8 Å². The van der Waals surface area contributed by atoms with E-state index in [2.05, 4.69) is 24.0 Å². The van der Waals surface area contributed by atoms with Crippen LogP contribution in [-0.4, -0.2) is 37.6 Å². The van der Waals surface area contributed by atoms with E-state index >= 15 is 0 Å². The molecule has 4 rings (SSSR count). The summed E-state index contributed by atoms with van der Waals surface area (Å²) in [6.07, 6.45) is 3.97. The summed E-state index contributed by atoms with van der Waals surface area (Å²) in [7, 11) is 1.67. The molecule has 0 aromatic heterocycles. The Hall–Kier alpha value is -2.49. The molecule has 0 spiro atoms. The Balaban J connectivity index is 1.29. The largest absolute Gasteiger partial charge is 0.497 e. The molecule has 1 aliphatic carbocycles. The van der Waals surface area contributed by atoms with E-state index in [0.29, 0.717) is 18.4 Å². The lowest BCUT2D eigenvalue weighted by Crippen LogP contribution is -2.37. The molecule has 2 fully saturated rings. The van der Waals surface area contributed by atoms with Crippen molar-refractivity contribution in [2.75, 3.05) is 26.8 Å². The lowest BCUT2D eigenvalue weighted by Gasteiger charge is -2.24. The molecule has 2 aliphatic rings. The highest BCUT2D eigenvalue weighted by Gasteiger charge is 2.53. The number of rotatable bonds is 7. The van der Waals surface area contributed by atoms with Crippen LogP contribution in [0, 0.1) is 12.8 Å². The molecule has 1 atom stereocenters. The van der Waals surface area contributed by atoms with Crippen LogP contribution in [0.5, 0.6) is 11.5 Å². The summed E-state index contributed by atoms with van der Waals surface area (Å²) in [5.41, 5.74) is 2.08. The fraction of sp³-hybridized carbons (Fsp3) is 0.458. The zero-order valence-corrected chi connectivity index (χ0v) is 16.8. The van der Waals surface area contributed by atoms with Gasteiger partial charge in [-0.3, -0.25) is 4.79 Å². The number of ether oxygens (including phenoxy) is 2. The molecule has 148 valence electrons. The summed E-state index contributed by atoms with van der Waals surface area (Å²) >= 11 is 0. The molecule has 1 unspecified atom stereocenters. The van der Waals surface area contributed by atoms with Crippen molar-refractivity contribution in [3.8, 4) is 11.5 Å². The maximum Gasteiger partial charge on any atom is 0.233 e. The number of methoxy groups -OCH3 is 1. The first-order chi connectivity index (χ1) is 13.6. The fourth-order valence-electron chi connectivity index (χ4n) is 4.19. The molecule has 1 aliphatic heterocycles. The number of benzene rings is 2. The molecular weight excluding hydrogens is 350 g/mol.